The molecule has 41 heavy (non-hydrogen) atoms. The van der Waals surface area contributed by atoms with Crippen LogP contribution in [0, 0.1) is 6.92 Å². The number of pyridine rings is 1. The third-order valence-electron chi connectivity index (χ3n) is 6.90. The Balaban J connectivity index is 1.49. The fourth-order valence-electron chi connectivity index (χ4n) is 4.67. The molecule has 0 fully saturated rings. The smallest absolute Gasteiger partial charge is 0.255 e. The molecule has 1 unspecified atom stereocenters. The highest BCUT2D eigenvalue weighted by Gasteiger charge is 2.18. The van der Waals surface area contributed by atoms with Crippen molar-refractivity contribution < 1.29 is 24.1 Å². The number of carbonyl (C=O) groups excluding carboxylic acids is 1. The fourth-order valence-corrected chi connectivity index (χ4v) is 4.67. The van der Waals surface area contributed by atoms with Crippen LogP contribution in [0.1, 0.15) is 40.2 Å². The molecule has 9 heteroatoms. The van der Waals surface area contributed by atoms with Crippen LogP contribution in [-0.4, -0.2) is 47.1 Å². The molecule has 1 atom stereocenters. The van der Waals surface area contributed by atoms with Gasteiger partial charge in [0.05, 0.1) is 39.7 Å². The molecule has 5 aromatic rings. The molecule has 2 heterocycles. The quantitative estimate of drug-likeness (QED) is 0.238. The van der Waals surface area contributed by atoms with Crippen molar-refractivity contribution in [2.75, 3.05) is 26.6 Å². The molecule has 0 bridgehead atoms. The SMILES string of the molecule is COc1ccc(Cn2nc(C(C)O)c3ccc(-c4cc(NC(=O)c5cc(OC)cc(OC)c5)ccc4C)nc32)cc1. The number of anilines is 1. The average Bonchev–Trinajstić information content (AvgIpc) is 3.35. The minimum Gasteiger partial charge on any atom is -0.497 e. The number of aromatic nitrogens is 3. The highest BCUT2D eigenvalue weighted by Crippen LogP contribution is 2.31. The maximum absolute atomic E-state index is 13.1. The molecule has 2 aromatic heterocycles. The molecule has 0 spiro atoms. The maximum atomic E-state index is 13.1. The van der Waals surface area contributed by atoms with Crippen LogP contribution >= 0.6 is 0 Å². The summed E-state index contributed by atoms with van der Waals surface area (Å²) in [7, 11) is 4.72. The van der Waals surface area contributed by atoms with Crippen molar-refractivity contribution in [3.05, 3.63) is 95.2 Å². The lowest BCUT2D eigenvalue weighted by Crippen LogP contribution is -2.12. The van der Waals surface area contributed by atoms with E-state index in [2.05, 4.69) is 5.32 Å². The second-order valence-corrected chi connectivity index (χ2v) is 9.72. The van der Waals surface area contributed by atoms with E-state index in [1.807, 2.05) is 61.5 Å². The van der Waals surface area contributed by atoms with E-state index in [1.165, 1.54) is 0 Å². The van der Waals surface area contributed by atoms with E-state index in [-0.39, 0.29) is 5.91 Å². The molecule has 5 rings (SSSR count). The minimum atomic E-state index is -0.752. The summed E-state index contributed by atoms with van der Waals surface area (Å²) in [5.41, 5.74) is 5.87. The number of aliphatic hydroxyl groups excluding tert-OH is 1. The molecule has 0 aliphatic heterocycles. The van der Waals surface area contributed by atoms with Gasteiger partial charge < -0.3 is 24.6 Å². The van der Waals surface area contributed by atoms with E-state index < -0.39 is 6.10 Å². The fraction of sp³-hybridized carbons (Fsp3) is 0.219. The molecule has 0 saturated heterocycles. The summed E-state index contributed by atoms with van der Waals surface area (Å²) in [6.45, 7) is 4.17. The van der Waals surface area contributed by atoms with Gasteiger partial charge in [-0.15, -0.1) is 0 Å². The molecule has 3 aromatic carbocycles. The Labute approximate surface area is 238 Å². The number of rotatable bonds is 9. The Bertz CT molecular complexity index is 1690. The third-order valence-corrected chi connectivity index (χ3v) is 6.90. The lowest BCUT2D eigenvalue weighted by Gasteiger charge is -2.12. The minimum absolute atomic E-state index is 0.292. The second-order valence-electron chi connectivity index (χ2n) is 9.72. The first kappa shape index (κ1) is 27.7. The summed E-state index contributed by atoms with van der Waals surface area (Å²) in [6.07, 6.45) is -0.752. The highest BCUT2D eigenvalue weighted by molar-refractivity contribution is 6.05. The van der Waals surface area contributed by atoms with E-state index >= 15 is 0 Å². The number of aryl methyl sites for hydroxylation is 1. The summed E-state index contributed by atoms with van der Waals surface area (Å²) < 4.78 is 17.7. The van der Waals surface area contributed by atoms with Crippen molar-refractivity contribution in [1.82, 2.24) is 14.8 Å². The van der Waals surface area contributed by atoms with Crippen LogP contribution in [0.4, 0.5) is 5.69 Å². The Hall–Kier alpha value is -4.89. The first-order chi connectivity index (χ1) is 19.8. The topological polar surface area (TPSA) is 108 Å². The van der Waals surface area contributed by atoms with E-state index in [4.69, 9.17) is 24.3 Å². The van der Waals surface area contributed by atoms with Gasteiger partial charge in [0.15, 0.2) is 5.65 Å². The van der Waals surface area contributed by atoms with Crippen molar-refractivity contribution in [1.29, 1.82) is 0 Å². The van der Waals surface area contributed by atoms with Crippen LogP contribution < -0.4 is 19.5 Å². The first-order valence-electron chi connectivity index (χ1n) is 13.1. The summed E-state index contributed by atoms with van der Waals surface area (Å²) in [6, 6.07) is 22.3. The van der Waals surface area contributed by atoms with Gasteiger partial charge in [0.2, 0.25) is 0 Å². The van der Waals surface area contributed by atoms with E-state index in [1.54, 1.807) is 51.1 Å². The van der Waals surface area contributed by atoms with Gasteiger partial charge in [0.1, 0.15) is 22.9 Å². The highest BCUT2D eigenvalue weighted by atomic mass is 16.5. The number of benzene rings is 3. The molecule has 0 radical (unpaired) electrons. The Morgan fingerprint density at radius 1 is 0.902 bits per heavy atom. The van der Waals surface area contributed by atoms with Crippen LogP contribution in [0.5, 0.6) is 17.2 Å². The van der Waals surface area contributed by atoms with Gasteiger partial charge in [0.25, 0.3) is 5.91 Å². The summed E-state index contributed by atoms with van der Waals surface area (Å²) in [4.78, 5) is 18.1. The number of amides is 1. The van der Waals surface area contributed by atoms with Crippen LogP contribution in [0.2, 0.25) is 0 Å². The molecule has 2 N–H and O–H groups in total. The van der Waals surface area contributed by atoms with Crippen molar-refractivity contribution in [3.8, 4) is 28.5 Å². The van der Waals surface area contributed by atoms with Gasteiger partial charge in [-0.25, -0.2) is 9.67 Å². The first-order valence-corrected chi connectivity index (χ1v) is 13.1. The van der Waals surface area contributed by atoms with Crippen LogP contribution in [-0.2, 0) is 6.54 Å². The number of aliphatic hydroxyl groups is 1. The monoisotopic (exact) mass is 552 g/mol. The zero-order valence-corrected chi connectivity index (χ0v) is 23.6. The maximum Gasteiger partial charge on any atom is 0.255 e. The van der Waals surface area contributed by atoms with Gasteiger partial charge in [-0.2, -0.15) is 5.10 Å². The van der Waals surface area contributed by atoms with Gasteiger partial charge >= 0.3 is 0 Å². The molecular formula is C32H32N4O5. The third kappa shape index (κ3) is 5.85. The van der Waals surface area contributed by atoms with Gasteiger partial charge in [-0.1, -0.05) is 18.2 Å². The number of hydrogen-bond donors (Lipinski definition) is 2. The average molecular weight is 553 g/mol. The standard InChI is InChI=1S/C32H32N4O5/c1-19-6-9-23(33-32(38)22-14-25(40-4)17-26(15-22)41-5)16-28(19)29-13-12-27-30(20(2)37)35-36(31(27)34-29)18-21-7-10-24(39-3)11-8-21/h6-17,20,37H,18H2,1-5H3,(H,33,38). The Morgan fingerprint density at radius 2 is 1.59 bits per heavy atom. The number of nitrogens with zero attached hydrogens (tertiary/aromatic N) is 3. The molecule has 210 valence electrons. The Kier molecular flexibility index (Phi) is 7.89. The number of hydrogen-bond acceptors (Lipinski definition) is 7. The zero-order chi connectivity index (χ0) is 29.1. The van der Waals surface area contributed by atoms with E-state index in [0.717, 1.165) is 33.5 Å². The number of carbonyl (C=O) groups is 1. The lowest BCUT2D eigenvalue weighted by atomic mass is 10.0. The van der Waals surface area contributed by atoms with Gasteiger partial charge in [0, 0.05) is 28.3 Å². The van der Waals surface area contributed by atoms with Crippen molar-refractivity contribution >= 4 is 22.6 Å². The number of ether oxygens (including phenoxy) is 3. The number of nitrogens with one attached hydrogen (secondary N) is 1. The molecule has 0 aliphatic rings. The normalized spacial score (nSPS) is 11.8. The molecular weight excluding hydrogens is 520 g/mol. The summed E-state index contributed by atoms with van der Waals surface area (Å²) >= 11 is 0. The molecule has 0 aliphatic carbocycles. The summed E-state index contributed by atoms with van der Waals surface area (Å²) in [5, 5.41) is 18.9. The molecule has 0 saturated carbocycles. The second kappa shape index (κ2) is 11.7. The van der Waals surface area contributed by atoms with Gasteiger partial charge in [-0.05, 0) is 73.5 Å². The van der Waals surface area contributed by atoms with Crippen LogP contribution in [0.3, 0.4) is 0 Å². The summed E-state index contributed by atoms with van der Waals surface area (Å²) in [5.74, 6) is 1.54. The lowest BCUT2D eigenvalue weighted by molar-refractivity contribution is 0.102. The van der Waals surface area contributed by atoms with Crippen LogP contribution in [0.15, 0.2) is 72.8 Å². The van der Waals surface area contributed by atoms with Crippen molar-refractivity contribution in [3.63, 3.8) is 0 Å². The van der Waals surface area contributed by atoms with Gasteiger partial charge in [-0.3, -0.25) is 4.79 Å². The molecule has 9 nitrogen and oxygen atoms in total. The van der Waals surface area contributed by atoms with Crippen LogP contribution in [0.25, 0.3) is 22.3 Å². The van der Waals surface area contributed by atoms with Crippen molar-refractivity contribution in [2.24, 2.45) is 0 Å². The van der Waals surface area contributed by atoms with E-state index in [9.17, 15) is 9.90 Å². The Morgan fingerprint density at radius 3 is 2.22 bits per heavy atom. The van der Waals surface area contributed by atoms with Crippen molar-refractivity contribution in [2.45, 2.75) is 26.5 Å². The largest absolute Gasteiger partial charge is 0.497 e. The predicted octanol–water partition coefficient (Wildman–Crippen LogP) is 5.79. The zero-order valence-electron chi connectivity index (χ0n) is 23.6. The molecule has 1 amide bonds. The predicted molar refractivity (Wildman–Crippen MR) is 158 cm³/mol. The van der Waals surface area contributed by atoms with E-state index in [0.29, 0.717) is 40.6 Å². The number of fused-ring (bicyclic) bond motifs is 1. The number of methoxy groups -OCH3 is 3.